The highest BCUT2D eigenvalue weighted by Crippen LogP contribution is 2.30. The normalized spacial score (nSPS) is 14.6. The molecule has 0 radical (unpaired) electrons. The highest BCUT2D eigenvalue weighted by atomic mass is 16.5. The second-order valence-corrected chi connectivity index (χ2v) is 4.40. The number of rotatable bonds is 3. The average Bonchev–Trinajstić information content (AvgIpc) is 3.13. The molecule has 0 atom stereocenters. The highest BCUT2D eigenvalue weighted by molar-refractivity contribution is 5.66. The first-order valence-corrected chi connectivity index (χ1v) is 5.87. The molecule has 0 amide bonds. The number of benzene rings is 2. The standard InChI is InChI=1S/C15H14O2/c16-13-5-1-3-11(9-13)12-4-2-6-15(10-12)17-14-7-8-14/h1-6,9-10,14,16H,7-8H2. The van der Waals surface area contributed by atoms with Crippen LogP contribution in [0.4, 0.5) is 0 Å². The van der Waals surface area contributed by atoms with Gasteiger partial charge in [0.05, 0.1) is 6.10 Å². The number of aromatic hydroxyl groups is 1. The van der Waals surface area contributed by atoms with E-state index in [0.29, 0.717) is 6.10 Å². The molecule has 0 spiro atoms. The first-order chi connectivity index (χ1) is 8.31. The summed E-state index contributed by atoms with van der Waals surface area (Å²) in [6.45, 7) is 0. The van der Waals surface area contributed by atoms with Crippen LogP contribution in [0.5, 0.6) is 11.5 Å². The first kappa shape index (κ1) is 10.2. The van der Waals surface area contributed by atoms with E-state index in [2.05, 4.69) is 0 Å². The van der Waals surface area contributed by atoms with Crippen molar-refractivity contribution in [3.05, 3.63) is 48.5 Å². The predicted octanol–water partition coefficient (Wildman–Crippen LogP) is 3.60. The summed E-state index contributed by atoms with van der Waals surface area (Å²) in [4.78, 5) is 0. The van der Waals surface area contributed by atoms with Gasteiger partial charge in [0.25, 0.3) is 0 Å². The molecule has 1 N–H and O–H groups in total. The van der Waals surface area contributed by atoms with Gasteiger partial charge in [-0.1, -0.05) is 24.3 Å². The number of hydrogen-bond donors (Lipinski definition) is 1. The van der Waals surface area contributed by atoms with Crippen molar-refractivity contribution in [1.29, 1.82) is 0 Å². The van der Waals surface area contributed by atoms with Crippen molar-refractivity contribution in [2.45, 2.75) is 18.9 Å². The Bertz CT molecular complexity index is 530. The van der Waals surface area contributed by atoms with Crippen molar-refractivity contribution < 1.29 is 9.84 Å². The molecular weight excluding hydrogens is 212 g/mol. The molecule has 2 heteroatoms. The van der Waals surface area contributed by atoms with Crippen LogP contribution < -0.4 is 4.74 Å². The van der Waals surface area contributed by atoms with Crippen LogP contribution in [-0.2, 0) is 0 Å². The molecule has 0 saturated heterocycles. The van der Waals surface area contributed by atoms with E-state index in [1.807, 2.05) is 36.4 Å². The van der Waals surface area contributed by atoms with Crippen molar-refractivity contribution in [3.8, 4) is 22.6 Å². The molecule has 1 fully saturated rings. The fourth-order valence-electron chi connectivity index (χ4n) is 1.81. The molecular formula is C15H14O2. The molecule has 3 rings (SSSR count). The Morgan fingerprint density at radius 2 is 1.65 bits per heavy atom. The molecule has 0 heterocycles. The highest BCUT2D eigenvalue weighted by Gasteiger charge is 2.23. The van der Waals surface area contributed by atoms with Crippen molar-refractivity contribution >= 4 is 0 Å². The topological polar surface area (TPSA) is 29.5 Å². The summed E-state index contributed by atoms with van der Waals surface area (Å²) in [5.41, 5.74) is 2.07. The predicted molar refractivity (Wildman–Crippen MR) is 67.2 cm³/mol. The molecule has 1 aliphatic carbocycles. The average molecular weight is 226 g/mol. The Labute approximate surface area is 100 Å². The van der Waals surface area contributed by atoms with E-state index in [0.717, 1.165) is 29.7 Å². The van der Waals surface area contributed by atoms with E-state index in [4.69, 9.17) is 4.74 Å². The van der Waals surface area contributed by atoms with Gasteiger partial charge in [-0.3, -0.25) is 0 Å². The summed E-state index contributed by atoms with van der Waals surface area (Å²) >= 11 is 0. The second-order valence-electron chi connectivity index (χ2n) is 4.40. The van der Waals surface area contributed by atoms with E-state index < -0.39 is 0 Å². The van der Waals surface area contributed by atoms with Crippen LogP contribution in [0.1, 0.15) is 12.8 Å². The summed E-state index contributed by atoms with van der Waals surface area (Å²) in [7, 11) is 0. The van der Waals surface area contributed by atoms with Crippen LogP contribution in [0.3, 0.4) is 0 Å². The Morgan fingerprint density at radius 3 is 2.35 bits per heavy atom. The maximum Gasteiger partial charge on any atom is 0.120 e. The third-order valence-corrected chi connectivity index (χ3v) is 2.84. The van der Waals surface area contributed by atoms with Crippen molar-refractivity contribution in [2.24, 2.45) is 0 Å². The molecule has 86 valence electrons. The van der Waals surface area contributed by atoms with Crippen LogP contribution in [0.25, 0.3) is 11.1 Å². The second kappa shape index (κ2) is 4.13. The van der Waals surface area contributed by atoms with Gasteiger partial charge in [-0.25, -0.2) is 0 Å². The molecule has 1 saturated carbocycles. The Hall–Kier alpha value is -1.96. The number of ether oxygens (including phenoxy) is 1. The summed E-state index contributed by atoms with van der Waals surface area (Å²) in [6.07, 6.45) is 2.74. The zero-order chi connectivity index (χ0) is 11.7. The van der Waals surface area contributed by atoms with Gasteiger partial charge in [-0.2, -0.15) is 0 Å². The van der Waals surface area contributed by atoms with Gasteiger partial charge in [0.2, 0.25) is 0 Å². The summed E-state index contributed by atoms with van der Waals surface area (Å²) < 4.78 is 5.76. The minimum absolute atomic E-state index is 0.288. The van der Waals surface area contributed by atoms with Gasteiger partial charge in [0.1, 0.15) is 11.5 Å². The monoisotopic (exact) mass is 226 g/mol. The Kier molecular flexibility index (Phi) is 2.48. The molecule has 0 aliphatic heterocycles. The summed E-state index contributed by atoms with van der Waals surface area (Å²) in [5.74, 6) is 1.20. The molecule has 2 aromatic rings. The van der Waals surface area contributed by atoms with Crippen LogP contribution >= 0.6 is 0 Å². The maximum atomic E-state index is 9.47. The Morgan fingerprint density at radius 1 is 0.941 bits per heavy atom. The fraction of sp³-hybridized carbons (Fsp3) is 0.200. The lowest BCUT2D eigenvalue weighted by molar-refractivity contribution is 0.303. The van der Waals surface area contributed by atoms with Gasteiger partial charge in [-0.05, 0) is 48.2 Å². The lowest BCUT2D eigenvalue weighted by Gasteiger charge is -2.07. The zero-order valence-corrected chi connectivity index (χ0v) is 9.47. The molecule has 17 heavy (non-hydrogen) atoms. The van der Waals surface area contributed by atoms with Crippen molar-refractivity contribution in [3.63, 3.8) is 0 Å². The minimum Gasteiger partial charge on any atom is -0.508 e. The molecule has 0 unspecified atom stereocenters. The Balaban J connectivity index is 1.91. The molecule has 0 bridgehead atoms. The van der Waals surface area contributed by atoms with Crippen LogP contribution in [0.15, 0.2) is 48.5 Å². The molecule has 2 nitrogen and oxygen atoms in total. The van der Waals surface area contributed by atoms with Crippen molar-refractivity contribution in [2.75, 3.05) is 0 Å². The third-order valence-electron chi connectivity index (χ3n) is 2.84. The van der Waals surface area contributed by atoms with E-state index in [1.165, 1.54) is 0 Å². The largest absolute Gasteiger partial charge is 0.508 e. The van der Waals surface area contributed by atoms with E-state index in [1.54, 1.807) is 12.1 Å². The SMILES string of the molecule is Oc1cccc(-c2cccc(OC3CC3)c2)c1. The van der Waals surface area contributed by atoms with Crippen LogP contribution in [-0.4, -0.2) is 11.2 Å². The van der Waals surface area contributed by atoms with Gasteiger partial charge < -0.3 is 9.84 Å². The van der Waals surface area contributed by atoms with Crippen LogP contribution in [0.2, 0.25) is 0 Å². The third kappa shape index (κ3) is 2.41. The van der Waals surface area contributed by atoms with Crippen LogP contribution in [0, 0.1) is 0 Å². The van der Waals surface area contributed by atoms with Gasteiger partial charge in [-0.15, -0.1) is 0 Å². The summed E-state index contributed by atoms with van der Waals surface area (Å²) in [6, 6.07) is 15.3. The quantitative estimate of drug-likeness (QED) is 0.866. The van der Waals surface area contributed by atoms with Gasteiger partial charge >= 0.3 is 0 Å². The number of hydrogen-bond acceptors (Lipinski definition) is 2. The van der Waals surface area contributed by atoms with Gasteiger partial charge in [0, 0.05) is 0 Å². The van der Waals surface area contributed by atoms with E-state index >= 15 is 0 Å². The summed E-state index contributed by atoms with van der Waals surface area (Å²) in [5, 5.41) is 9.47. The minimum atomic E-state index is 0.288. The molecule has 0 aromatic heterocycles. The fourth-order valence-corrected chi connectivity index (χ4v) is 1.81. The molecule has 2 aromatic carbocycles. The van der Waals surface area contributed by atoms with E-state index in [9.17, 15) is 5.11 Å². The lowest BCUT2D eigenvalue weighted by Crippen LogP contribution is -1.95. The van der Waals surface area contributed by atoms with Gasteiger partial charge in [0.15, 0.2) is 0 Å². The lowest BCUT2D eigenvalue weighted by atomic mass is 10.1. The molecule has 1 aliphatic rings. The zero-order valence-electron chi connectivity index (χ0n) is 9.47. The smallest absolute Gasteiger partial charge is 0.120 e. The number of phenols is 1. The number of phenolic OH excluding ortho intramolecular Hbond substituents is 1. The van der Waals surface area contributed by atoms with Crippen molar-refractivity contribution in [1.82, 2.24) is 0 Å². The first-order valence-electron chi connectivity index (χ1n) is 5.87. The van der Waals surface area contributed by atoms with E-state index in [-0.39, 0.29) is 5.75 Å². The maximum absolute atomic E-state index is 9.47.